The topological polar surface area (TPSA) is 87.1 Å². The number of aliphatic hydroxyl groups is 1. The number of nitrogens with zero attached hydrogens (tertiary/aromatic N) is 1. The molecule has 0 aliphatic carbocycles. The largest absolute Gasteiger partial charge is 0.507 e. The zero-order valence-electron chi connectivity index (χ0n) is 15.7. The molecule has 152 valence electrons. The van der Waals surface area contributed by atoms with Crippen molar-refractivity contribution in [3.8, 4) is 11.5 Å². The van der Waals surface area contributed by atoms with Crippen molar-refractivity contribution in [3.05, 3.63) is 81.0 Å². The standard InChI is InChI=1S/C22H16ClNO5S/c1-29-16-9-8-12(23)11-13(16)20(26)18-19(17-7-4-10-30-17)24(22(28)21(18)27)14-5-2-3-6-15(14)25/h2-11,19,25-26H,1H3/b20-18-. The van der Waals surface area contributed by atoms with Crippen molar-refractivity contribution in [3.63, 3.8) is 0 Å². The van der Waals surface area contributed by atoms with Crippen molar-refractivity contribution < 1.29 is 24.5 Å². The highest BCUT2D eigenvalue weighted by atomic mass is 35.5. The normalized spacial score (nSPS) is 18.1. The molecule has 1 fully saturated rings. The van der Waals surface area contributed by atoms with Gasteiger partial charge in [0.05, 0.1) is 23.9 Å². The van der Waals surface area contributed by atoms with Gasteiger partial charge in [-0.15, -0.1) is 11.3 Å². The molecule has 4 rings (SSSR count). The predicted octanol–water partition coefficient (Wildman–Crippen LogP) is 4.74. The molecule has 0 saturated carbocycles. The summed E-state index contributed by atoms with van der Waals surface area (Å²) in [7, 11) is 1.43. The van der Waals surface area contributed by atoms with E-state index in [1.165, 1.54) is 35.5 Å². The molecule has 1 amide bonds. The Kier molecular flexibility index (Phi) is 5.24. The average Bonchev–Trinajstić information content (AvgIpc) is 3.35. The van der Waals surface area contributed by atoms with Crippen LogP contribution in [0.15, 0.2) is 65.6 Å². The van der Waals surface area contributed by atoms with Gasteiger partial charge in [-0.25, -0.2) is 0 Å². The lowest BCUT2D eigenvalue weighted by Gasteiger charge is -2.24. The molecule has 8 heteroatoms. The van der Waals surface area contributed by atoms with Gasteiger partial charge in [-0.05, 0) is 41.8 Å². The third-order valence-electron chi connectivity index (χ3n) is 4.82. The second-order valence-electron chi connectivity index (χ2n) is 6.52. The Morgan fingerprint density at radius 1 is 1.13 bits per heavy atom. The molecule has 3 aromatic rings. The first kappa shape index (κ1) is 20.0. The number of thiophene rings is 1. The van der Waals surface area contributed by atoms with E-state index < -0.39 is 23.5 Å². The average molecular weight is 442 g/mol. The van der Waals surface area contributed by atoms with E-state index in [2.05, 4.69) is 0 Å². The molecule has 0 radical (unpaired) electrons. The highest BCUT2D eigenvalue weighted by molar-refractivity contribution is 7.10. The molecule has 30 heavy (non-hydrogen) atoms. The molecule has 1 atom stereocenters. The van der Waals surface area contributed by atoms with Gasteiger partial charge >= 0.3 is 0 Å². The lowest BCUT2D eigenvalue weighted by Crippen LogP contribution is -2.29. The Balaban J connectivity index is 1.98. The molecule has 1 aliphatic rings. The molecule has 0 bridgehead atoms. The van der Waals surface area contributed by atoms with E-state index in [-0.39, 0.29) is 22.6 Å². The van der Waals surface area contributed by atoms with Crippen LogP contribution in [0.5, 0.6) is 11.5 Å². The molecule has 2 aromatic carbocycles. The minimum Gasteiger partial charge on any atom is -0.507 e. The van der Waals surface area contributed by atoms with Crippen LogP contribution in [0.1, 0.15) is 16.5 Å². The number of methoxy groups -OCH3 is 1. The number of phenolic OH excluding ortho intramolecular Hbond substituents is 1. The second kappa shape index (κ2) is 7.85. The zero-order valence-corrected chi connectivity index (χ0v) is 17.3. The fraction of sp³-hybridized carbons (Fsp3) is 0.0909. The van der Waals surface area contributed by atoms with Crippen molar-refractivity contribution in [1.29, 1.82) is 0 Å². The maximum Gasteiger partial charge on any atom is 0.300 e. The highest BCUT2D eigenvalue weighted by Crippen LogP contribution is 2.46. The molecular formula is C22H16ClNO5S. The summed E-state index contributed by atoms with van der Waals surface area (Å²) in [5.41, 5.74) is 0.267. The van der Waals surface area contributed by atoms with E-state index in [0.29, 0.717) is 15.6 Å². The first-order valence-corrected chi connectivity index (χ1v) is 10.2. The quantitative estimate of drug-likeness (QED) is 0.347. The first-order chi connectivity index (χ1) is 14.4. The van der Waals surface area contributed by atoms with Crippen LogP contribution in [-0.2, 0) is 9.59 Å². The Hall–Kier alpha value is -3.29. The second-order valence-corrected chi connectivity index (χ2v) is 7.93. The maximum absolute atomic E-state index is 13.0. The number of aromatic hydroxyl groups is 1. The molecule has 1 aliphatic heterocycles. The molecule has 1 unspecified atom stereocenters. The Morgan fingerprint density at radius 3 is 2.57 bits per heavy atom. The number of carbonyl (C=O) groups is 2. The van der Waals surface area contributed by atoms with E-state index in [1.54, 1.807) is 47.8 Å². The predicted molar refractivity (Wildman–Crippen MR) is 115 cm³/mol. The summed E-state index contributed by atoms with van der Waals surface area (Å²) >= 11 is 7.42. The summed E-state index contributed by atoms with van der Waals surface area (Å²) in [4.78, 5) is 27.9. The van der Waals surface area contributed by atoms with Gasteiger partial charge in [0, 0.05) is 9.90 Å². The fourth-order valence-corrected chi connectivity index (χ4v) is 4.47. The summed E-state index contributed by atoms with van der Waals surface area (Å²) in [5.74, 6) is -1.96. The van der Waals surface area contributed by atoms with Crippen LogP contribution in [0.25, 0.3) is 5.76 Å². The van der Waals surface area contributed by atoms with Crippen molar-refractivity contribution in [2.45, 2.75) is 6.04 Å². The molecule has 1 aromatic heterocycles. The van der Waals surface area contributed by atoms with Gasteiger partial charge in [0.15, 0.2) is 0 Å². The van der Waals surface area contributed by atoms with Crippen molar-refractivity contribution >= 4 is 46.1 Å². The third-order valence-corrected chi connectivity index (χ3v) is 5.97. The Bertz CT molecular complexity index is 1170. The third kappa shape index (κ3) is 3.22. The van der Waals surface area contributed by atoms with Crippen LogP contribution < -0.4 is 9.64 Å². The van der Waals surface area contributed by atoms with Crippen LogP contribution in [-0.4, -0.2) is 29.0 Å². The van der Waals surface area contributed by atoms with Crippen LogP contribution in [0.4, 0.5) is 5.69 Å². The van der Waals surface area contributed by atoms with Gasteiger partial charge in [-0.3, -0.25) is 14.5 Å². The summed E-state index contributed by atoms with van der Waals surface area (Å²) < 4.78 is 5.30. The lowest BCUT2D eigenvalue weighted by molar-refractivity contribution is -0.132. The van der Waals surface area contributed by atoms with E-state index in [0.717, 1.165) is 0 Å². The number of rotatable bonds is 4. The number of Topliss-reactive ketones (excluding diaryl/α,β-unsaturated/α-hetero) is 1. The van der Waals surface area contributed by atoms with Crippen molar-refractivity contribution in [2.24, 2.45) is 0 Å². The number of hydrogen-bond acceptors (Lipinski definition) is 6. The number of halogens is 1. The van der Waals surface area contributed by atoms with E-state index in [1.807, 2.05) is 0 Å². The lowest BCUT2D eigenvalue weighted by atomic mass is 9.99. The van der Waals surface area contributed by atoms with Gasteiger partial charge in [0.1, 0.15) is 23.3 Å². The van der Waals surface area contributed by atoms with E-state index >= 15 is 0 Å². The van der Waals surface area contributed by atoms with Crippen molar-refractivity contribution in [2.75, 3.05) is 12.0 Å². The Morgan fingerprint density at radius 2 is 1.90 bits per heavy atom. The summed E-state index contributed by atoms with van der Waals surface area (Å²) in [6, 6.07) is 13.5. The molecule has 2 heterocycles. The van der Waals surface area contributed by atoms with Gasteiger partial charge in [-0.2, -0.15) is 0 Å². The summed E-state index contributed by atoms with van der Waals surface area (Å²) in [6.07, 6.45) is 0. The Labute approximate surface area is 181 Å². The highest BCUT2D eigenvalue weighted by Gasteiger charge is 2.48. The number of anilines is 1. The molecular weight excluding hydrogens is 426 g/mol. The smallest absolute Gasteiger partial charge is 0.300 e. The summed E-state index contributed by atoms with van der Waals surface area (Å²) in [5, 5.41) is 23.6. The van der Waals surface area contributed by atoms with E-state index in [9.17, 15) is 19.8 Å². The minimum atomic E-state index is -0.915. The van der Waals surface area contributed by atoms with Crippen LogP contribution in [0, 0.1) is 0 Å². The molecule has 0 spiro atoms. The van der Waals surface area contributed by atoms with Gasteiger partial charge in [0.25, 0.3) is 11.7 Å². The molecule has 1 saturated heterocycles. The monoisotopic (exact) mass is 441 g/mol. The SMILES string of the molecule is COc1ccc(Cl)cc1/C(O)=C1/C(=O)C(=O)N(c2ccccc2O)C1c1cccs1. The number of para-hydroxylation sites is 2. The number of benzene rings is 2. The van der Waals surface area contributed by atoms with E-state index in [4.69, 9.17) is 16.3 Å². The fourth-order valence-electron chi connectivity index (χ4n) is 3.48. The number of phenols is 1. The molecule has 2 N–H and O–H groups in total. The first-order valence-electron chi connectivity index (χ1n) is 8.90. The number of ketones is 1. The number of amides is 1. The van der Waals surface area contributed by atoms with Crippen LogP contribution in [0.3, 0.4) is 0 Å². The van der Waals surface area contributed by atoms with Crippen molar-refractivity contribution in [1.82, 2.24) is 0 Å². The van der Waals surface area contributed by atoms with Gasteiger partial charge in [-0.1, -0.05) is 29.8 Å². The minimum absolute atomic E-state index is 0.105. The summed E-state index contributed by atoms with van der Waals surface area (Å²) in [6.45, 7) is 0. The van der Waals surface area contributed by atoms with Crippen LogP contribution >= 0.6 is 22.9 Å². The van der Waals surface area contributed by atoms with Crippen LogP contribution in [0.2, 0.25) is 5.02 Å². The number of ether oxygens (including phenoxy) is 1. The number of carbonyl (C=O) groups excluding carboxylic acids is 2. The van der Waals surface area contributed by atoms with Gasteiger partial charge in [0.2, 0.25) is 0 Å². The zero-order chi connectivity index (χ0) is 21.4. The molecule has 6 nitrogen and oxygen atoms in total. The number of hydrogen-bond donors (Lipinski definition) is 2. The number of aliphatic hydroxyl groups excluding tert-OH is 1. The van der Waals surface area contributed by atoms with Gasteiger partial charge < -0.3 is 14.9 Å². The maximum atomic E-state index is 13.0.